The first kappa shape index (κ1) is 12.7. The third-order valence-electron chi connectivity index (χ3n) is 3.36. The summed E-state index contributed by atoms with van der Waals surface area (Å²) in [6.45, 7) is 1.63. The monoisotopic (exact) mass is 269 g/mol. The summed E-state index contributed by atoms with van der Waals surface area (Å²) >= 11 is 0. The predicted molar refractivity (Wildman–Crippen MR) is 73.1 cm³/mol. The Bertz CT molecular complexity index is 574. The van der Waals surface area contributed by atoms with E-state index in [4.69, 9.17) is 4.74 Å². The molecule has 1 aliphatic rings. The third-order valence-corrected chi connectivity index (χ3v) is 3.36. The Morgan fingerprint density at radius 2 is 2.10 bits per heavy atom. The van der Waals surface area contributed by atoms with Gasteiger partial charge in [-0.25, -0.2) is 4.98 Å². The minimum absolute atomic E-state index is 0.0699. The lowest BCUT2D eigenvalue weighted by Gasteiger charge is -2.35. The highest BCUT2D eigenvalue weighted by atomic mass is 16.5. The molecular formula is C15H15N3O2. The highest BCUT2D eigenvalue weighted by Crippen LogP contribution is 2.25. The molecule has 1 aromatic heterocycles. The molecule has 5 heteroatoms. The van der Waals surface area contributed by atoms with E-state index in [1.54, 1.807) is 6.20 Å². The zero-order valence-corrected chi connectivity index (χ0v) is 11.0. The number of carbonyl (C=O) groups is 1. The molecule has 1 amide bonds. The second-order valence-corrected chi connectivity index (χ2v) is 4.59. The molecule has 0 radical (unpaired) electrons. The fourth-order valence-corrected chi connectivity index (χ4v) is 2.35. The number of rotatable bonds is 2. The van der Waals surface area contributed by atoms with Crippen LogP contribution in [0.3, 0.4) is 0 Å². The van der Waals surface area contributed by atoms with Gasteiger partial charge < -0.3 is 9.64 Å². The molecule has 5 nitrogen and oxygen atoms in total. The molecule has 1 saturated heterocycles. The summed E-state index contributed by atoms with van der Waals surface area (Å²) in [5.74, 6) is -0.102. The lowest BCUT2D eigenvalue weighted by molar-refractivity contribution is -0.00303. The van der Waals surface area contributed by atoms with Crippen molar-refractivity contribution < 1.29 is 9.53 Å². The van der Waals surface area contributed by atoms with E-state index < -0.39 is 0 Å². The summed E-state index contributed by atoms with van der Waals surface area (Å²) in [4.78, 5) is 22.4. The van der Waals surface area contributed by atoms with Gasteiger partial charge in [0.2, 0.25) is 0 Å². The zero-order valence-electron chi connectivity index (χ0n) is 11.0. The van der Waals surface area contributed by atoms with Crippen LogP contribution >= 0.6 is 0 Å². The Labute approximate surface area is 117 Å². The average molecular weight is 269 g/mol. The second-order valence-electron chi connectivity index (χ2n) is 4.59. The molecule has 102 valence electrons. The molecule has 1 atom stereocenters. The van der Waals surface area contributed by atoms with Crippen molar-refractivity contribution in [3.05, 3.63) is 60.2 Å². The summed E-state index contributed by atoms with van der Waals surface area (Å²) in [6.07, 6.45) is 4.59. The van der Waals surface area contributed by atoms with Crippen LogP contribution in [0.15, 0.2) is 48.9 Å². The Morgan fingerprint density at radius 1 is 1.25 bits per heavy atom. The fourth-order valence-electron chi connectivity index (χ4n) is 2.35. The van der Waals surface area contributed by atoms with Gasteiger partial charge in [-0.3, -0.25) is 9.78 Å². The van der Waals surface area contributed by atoms with Gasteiger partial charge in [0.05, 0.1) is 25.5 Å². The Morgan fingerprint density at radius 3 is 2.85 bits per heavy atom. The van der Waals surface area contributed by atoms with Crippen LogP contribution in [0.1, 0.15) is 22.1 Å². The molecule has 1 aromatic carbocycles. The molecule has 2 heterocycles. The van der Waals surface area contributed by atoms with Crippen LogP contribution in [-0.4, -0.2) is 40.5 Å². The third kappa shape index (κ3) is 2.53. The van der Waals surface area contributed by atoms with Crippen molar-refractivity contribution in [1.82, 2.24) is 14.9 Å². The summed E-state index contributed by atoms with van der Waals surface area (Å²) in [7, 11) is 0. The van der Waals surface area contributed by atoms with Gasteiger partial charge in [0, 0.05) is 18.9 Å². The number of morpholine rings is 1. The van der Waals surface area contributed by atoms with Crippen LogP contribution < -0.4 is 0 Å². The molecular weight excluding hydrogens is 254 g/mol. The molecule has 0 saturated carbocycles. The van der Waals surface area contributed by atoms with Gasteiger partial charge in [-0.15, -0.1) is 0 Å². The summed E-state index contributed by atoms with van der Waals surface area (Å²) in [5.41, 5.74) is 1.44. The lowest BCUT2D eigenvalue weighted by atomic mass is 10.0. The maximum absolute atomic E-state index is 12.6. The van der Waals surface area contributed by atoms with Crippen molar-refractivity contribution in [2.75, 3.05) is 19.8 Å². The van der Waals surface area contributed by atoms with Crippen molar-refractivity contribution in [2.24, 2.45) is 0 Å². The van der Waals surface area contributed by atoms with Crippen molar-refractivity contribution in [3.63, 3.8) is 0 Å². The SMILES string of the molecule is O=C(c1cnccn1)N1CCOCC1c1ccccc1. The minimum atomic E-state index is -0.102. The van der Waals surface area contributed by atoms with Crippen molar-refractivity contribution in [2.45, 2.75) is 6.04 Å². The first-order valence-corrected chi connectivity index (χ1v) is 6.56. The molecule has 0 aliphatic carbocycles. The Balaban J connectivity index is 1.88. The molecule has 20 heavy (non-hydrogen) atoms. The summed E-state index contributed by atoms with van der Waals surface area (Å²) in [6, 6.07) is 9.85. The van der Waals surface area contributed by atoms with Crippen molar-refractivity contribution in [3.8, 4) is 0 Å². The molecule has 2 aromatic rings. The topological polar surface area (TPSA) is 55.3 Å². The van der Waals surface area contributed by atoms with Crippen LogP contribution in [0.4, 0.5) is 0 Å². The van der Waals surface area contributed by atoms with Crippen LogP contribution in [0.25, 0.3) is 0 Å². The van der Waals surface area contributed by atoms with Crippen LogP contribution in [0.2, 0.25) is 0 Å². The minimum Gasteiger partial charge on any atom is -0.377 e. The van der Waals surface area contributed by atoms with E-state index in [0.717, 1.165) is 5.56 Å². The van der Waals surface area contributed by atoms with Gasteiger partial charge >= 0.3 is 0 Å². The molecule has 1 aliphatic heterocycles. The average Bonchev–Trinajstić information content (AvgIpc) is 2.56. The second kappa shape index (κ2) is 5.79. The quantitative estimate of drug-likeness (QED) is 0.832. The molecule has 0 bridgehead atoms. The molecule has 1 unspecified atom stereocenters. The van der Waals surface area contributed by atoms with Crippen LogP contribution in [-0.2, 0) is 4.74 Å². The van der Waals surface area contributed by atoms with Gasteiger partial charge in [-0.1, -0.05) is 30.3 Å². The van der Waals surface area contributed by atoms with Gasteiger partial charge in [-0.2, -0.15) is 0 Å². The zero-order chi connectivity index (χ0) is 13.8. The number of hydrogen-bond acceptors (Lipinski definition) is 4. The highest BCUT2D eigenvalue weighted by Gasteiger charge is 2.29. The van der Waals surface area contributed by atoms with Gasteiger partial charge in [-0.05, 0) is 5.56 Å². The number of amides is 1. The maximum Gasteiger partial charge on any atom is 0.274 e. The first-order chi connectivity index (χ1) is 9.86. The van der Waals surface area contributed by atoms with E-state index in [2.05, 4.69) is 9.97 Å². The predicted octanol–water partition coefficient (Wildman–Crippen LogP) is 1.69. The standard InChI is InChI=1S/C15H15N3O2/c19-15(13-10-16-6-7-17-13)18-8-9-20-11-14(18)12-4-2-1-3-5-12/h1-7,10,14H,8-9,11H2. The number of nitrogens with zero attached hydrogens (tertiary/aromatic N) is 3. The van der Waals surface area contributed by atoms with Gasteiger partial charge in [0.15, 0.2) is 0 Å². The van der Waals surface area contributed by atoms with Crippen molar-refractivity contribution >= 4 is 5.91 Å². The summed E-state index contributed by atoms with van der Waals surface area (Å²) in [5, 5.41) is 0. The van der Waals surface area contributed by atoms with E-state index >= 15 is 0 Å². The highest BCUT2D eigenvalue weighted by molar-refractivity contribution is 5.92. The van der Waals surface area contributed by atoms with E-state index in [0.29, 0.717) is 25.5 Å². The number of ether oxygens (including phenoxy) is 1. The van der Waals surface area contributed by atoms with E-state index in [1.807, 2.05) is 35.2 Å². The number of benzene rings is 1. The van der Waals surface area contributed by atoms with Crippen LogP contribution in [0.5, 0.6) is 0 Å². The molecule has 0 spiro atoms. The lowest BCUT2D eigenvalue weighted by Crippen LogP contribution is -2.43. The van der Waals surface area contributed by atoms with E-state index in [1.165, 1.54) is 12.4 Å². The van der Waals surface area contributed by atoms with E-state index in [9.17, 15) is 4.79 Å². The normalized spacial score (nSPS) is 18.8. The number of hydrogen-bond donors (Lipinski definition) is 0. The van der Waals surface area contributed by atoms with Crippen molar-refractivity contribution in [1.29, 1.82) is 0 Å². The largest absolute Gasteiger partial charge is 0.377 e. The Hall–Kier alpha value is -2.27. The van der Waals surface area contributed by atoms with Gasteiger partial charge in [0.1, 0.15) is 5.69 Å². The van der Waals surface area contributed by atoms with Crippen LogP contribution in [0, 0.1) is 0 Å². The van der Waals surface area contributed by atoms with Gasteiger partial charge in [0.25, 0.3) is 5.91 Å². The smallest absolute Gasteiger partial charge is 0.274 e. The number of aromatic nitrogens is 2. The van der Waals surface area contributed by atoms with E-state index in [-0.39, 0.29) is 11.9 Å². The molecule has 3 rings (SSSR count). The summed E-state index contributed by atoms with van der Waals surface area (Å²) < 4.78 is 5.52. The first-order valence-electron chi connectivity index (χ1n) is 6.56. The fraction of sp³-hybridized carbons (Fsp3) is 0.267. The number of carbonyl (C=O) groups excluding carboxylic acids is 1. The Kier molecular flexibility index (Phi) is 3.69. The molecule has 1 fully saturated rings. The molecule has 0 N–H and O–H groups in total. The maximum atomic E-state index is 12.6.